The van der Waals surface area contributed by atoms with Gasteiger partial charge in [0, 0.05) is 28.4 Å². The number of aliphatic hydroxyl groups is 4. The predicted octanol–water partition coefficient (Wildman–Crippen LogP) is 6.66. The number of nitrogens with zero attached hydrogens (tertiary/aromatic N) is 1. The van der Waals surface area contributed by atoms with Crippen LogP contribution in [0.15, 0.2) is 71.3 Å². The molecule has 1 unspecified atom stereocenters. The zero-order valence-electron chi connectivity index (χ0n) is 33.0. The molecule has 1 aliphatic heterocycles. The fraction of sp³-hybridized carbons (Fsp3) is 0.364. The number of aromatic nitrogens is 1. The van der Waals surface area contributed by atoms with E-state index in [1.54, 1.807) is 63.8 Å². The van der Waals surface area contributed by atoms with E-state index in [9.17, 15) is 25.2 Å². The summed E-state index contributed by atoms with van der Waals surface area (Å²) in [6.45, 7) is -0.0717. The molecule has 0 saturated carbocycles. The molecule has 0 aliphatic carbocycles. The number of rotatable bonds is 21. The van der Waals surface area contributed by atoms with Crippen LogP contribution in [0.5, 0.6) is 28.7 Å². The summed E-state index contributed by atoms with van der Waals surface area (Å²) in [5.41, 5.74) is 5.97. The minimum Gasteiger partial charge on any atom is -0.497 e. The third kappa shape index (κ3) is 9.65. The number of methoxy groups -OCH3 is 3. The monoisotopic (exact) mass is 797 g/mol. The van der Waals surface area contributed by atoms with Gasteiger partial charge >= 0.3 is 0 Å². The number of unbranched alkanes of at least 4 members (excludes halogenated alkanes) is 5. The first-order chi connectivity index (χ1) is 28.3. The number of hydrogen-bond acceptors (Lipinski definition) is 13. The van der Waals surface area contributed by atoms with Crippen LogP contribution >= 0.6 is 0 Å². The Kier molecular flexibility index (Phi) is 14.5. The minimum atomic E-state index is -0.447. The fourth-order valence-corrected chi connectivity index (χ4v) is 6.98. The number of aliphatic hydroxyl groups excluding tert-OH is 4. The molecule has 6 N–H and O–H groups in total. The molecule has 4 aromatic carbocycles. The molecule has 1 aliphatic rings. The molecule has 0 spiro atoms. The number of fused-ring (bicyclic) bond motifs is 1. The number of amides is 1. The summed E-state index contributed by atoms with van der Waals surface area (Å²) in [6.07, 6.45) is 5.35. The van der Waals surface area contributed by atoms with Gasteiger partial charge in [-0.25, -0.2) is 0 Å². The summed E-state index contributed by atoms with van der Waals surface area (Å²) >= 11 is 0. The van der Waals surface area contributed by atoms with E-state index in [1.165, 1.54) is 0 Å². The molecule has 0 bridgehead atoms. The Morgan fingerprint density at radius 2 is 1.29 bits per heavy atom. The average molecular weight is 798 g/mol. The van der Waals surface area contributed by atoms with Crippen molar-refractivity contribution in [2.75, 3.05) is 39.9 Å². The number of anilines is 1. The second-order valence-corrected chi connectivity index (χ2v) is 13.8. The van der Waals surface area contributed by atoms with Crippen LogP contribution in [-0.2, 0) is 26.4 Å². The molecule has 308 valence electrons. The van der Waals surface area contributed by atoms with E-state index < -0.39 is 6.17 Å². The molecule has 0 saturated heterocycles. The van der Waals surface area contributed by atoms with Crippen LogP contribution in [0, 0.1) is 0 Å². The van der Waals surface area contributed by atoms with Crippen molar-refractivity contribution in [2.24, 2.45) is 0 Å². The maximum atomic E-state index is 12.8. The van der Waals surface area contributed by atoms with Gasteiger partial charge in [-0.2, -0.15) is 0 Å². The molecule has 6 rings (SSSR count). The van der Waals surface area contributed by atoms with Crippen LogP contribution in [0.3, 0.4) is 0 Å². The lowest BCUT2D eigenvalue weighted by Crippen LogP contribution is -2.38. The van der Waals surface area contributed by atoms with Crippen LogP contribution in [0.1, 0.15) is 82.9 Å². The number of carbonyl (C=O) groups excluding carboxylic acids is 1. The third-order valence-electron chi connectivity index (χ3n) is 10.2. The lowest BCUT2D eigenvalue weighted by molar-refractivity contribution is 0.0935. The van der Waals surface area contributed by atoms with E-state index >= 15 is 0 Å². The van der Waals surface area contributed by atoms with Crippen molar-refractivity contribution < 1.29 is 53.4 Å². The highest BCUT2D eigenvalue weighted by molar-refractivity contribution is 6.02. The van der Waals surface area contributed by atoms with Gasteiger partial charge in [-0.05, 0) is 89.7 Å². The van der Waals surface area contributed by atoms with Crippen LogP contribution in [0.4, 0.5) is 5.69 Å². The topological polar surface area (TPSA) is 194 Å². The second kappa shape index (κ2) is 20.1. The van der Waals surface area contributed by atoms with E-state index in [2.05, 4.69) is 15.8 Å². The van der Waals surface area contributed by atoms with Crippen molar-refractivity contribution in [1.82, 2.24) is 10.5 Å². The van der Waals surface area contributed by atoms with Gasteiger partial charge in [-0.15, -0.1) is 0 Å². The van der Waals surface area contributed by atoms with E-state index in [0.29, 0.717) is 98.0 Å². The largest absolute Gasteiger partial charge is 0.497 e. The zero-order chi connectivity index (χ0) is 41.0. The van der Waals surface area contributed by atoms with Gasteiger partial charge in [0.1, 0.15) is 23.4 Å². The van der Waals surface area contributed by atoms with Crippen molar-refractivity contribution in [3.8, 4) is 51.3 Å². The van der Waals surface area contributed by atoms with Crippen molar-refractivity contribution in [3.05, 3.63) is 100 Å². The van der Waals surface area contributed by atoms with Gasteiger partial charge in [0.05, 0.1) is 66.5 Å². The third-order valence-corrected chi connectivity index (χ3v) is 10.2. The smallest absolute Gasteiger partial charge is 0.255 e. The van der Waals surface area contributed by atoms with Gasteiger partial charge < -0.3 is 59.3 Å². The molecule has 1 aromatic heterocycles. The molecule has 0 fully saturated rings. The Hall–Kier alpha value is -5.80. The van der Waals surface area contributed by atoms with Gasteiger partial charge in [-0.3, -0.25) is 4.79 Å². The van der Waals surface area contributed by atoms with Gasteiger partial charge in [0.25, 0.3) is 5.91 Å². The number of nitrogens with one attached hydrogen (secondary N) is 2. The van der Waals surface area contributed by atoms with Crippen LogP contribution in [-0.4, -0.2) is 66.0 Å². The van der Waals surface area contributed by atoms with Crippen LogP contribution in [0.2, 0.25) is 0 Å². The number of benzene rings is 4. The van der Waals surface area contributed by atoms with Gasteiger partial charge in [-0.1, -0.05) is 36.9 Å². The Morgan fingerprint density at radius 1 is 0.638 bits per heavy atom. The number of hydrogen-bond donors (Lipinski definition) is 6. The quantitative estimate of drug-likeness (QED) is 0.0433. The first kappa shape index (κ1) is 41.8. The fourth-order valence-electron chi connectivity index (χ4n) is 6.98. The van der Waals surface area contributed by atoms with E-state index in [0.717, 1.165) is 44.1 Å². The Bertz CT molecular complexity index is 2120. The van der Waals surface area contributed by atoms with Crippen LogP contribution in [0.25, 0.3) is 22.6 Å². The van der Waals surface area contributed by atoms with Crippen molar-refractivity contribution >= 4 is 11.6 Å². The molecule has 1 atom stereocenters. The highest BCUT2D eigenvalue weighted by Crippen LogP contribution is 2.42. The molecule has 1 amide bonds. The van der Waals surface area contributed by atoms with E-state index in [-0.39, 0.29) is 32.3 Å². The van der Waals surface area contributed by atoms with Crippen molar-refractivity contribution in [2.45, 2.75) is 71.1 Å². The second-order valence-electron chi connectivity index (χ2n) is 13.8. The molecule has 58 heavy (non-hydrogen) atoms. The summed E-state index contributed by atoms with van der Waals surface area (Å²) in [5, 5.41) is 49.9. The molecule has 14 nitrogen and oxygen atoms in total. The highest BCUT2D eigenvalue weighted by Gasteiger charge is 2.26. The van der Waals surface area contributed by atoms with Crippen LogP contribution < -0.4 is 34.3 Å². The van der Waals surface area contributed by atoms with E-state index in [4.69, 9.17) is 28.2 Å². The molecular weight excluding hydrogens is 746 g/mol. The zero-order valence-corrected chi connectivity index (χ0v) is 33.0. The summed E-state index contributed by atoms with van der Waals surface area (Å²) in [7, 11) is 4.68. The Labute approximate surface area is 337 Å². The summed E-state index contributed by atoms with van der Waals surface area (Å²) in [6, 6.07) is 19.7. The lowest BCUT2D eigenvalue weighted by Gasteiger charge is -2.29. The summed E-state index contributed by atoms with van der Waals surface area (Å²) in [5.74, 6) is 2.93. The molecule has 0 radical (unpaired) electrons. The predicted molar refractivity (Wildman–Crippen MR) is 216 cm³/mol. The number of carbonyl (C=O) groups is 1. The maximum absolute atomic E-state index is 12.8. The van der Waals surface area contributed by atoms with Gasteiger partial charge in [0.2, 0.25) is 5.75 Å². The van der Waals surface area contributed by atoms with Gasteiger partial charge in [0.15, 0.2) is 17.3 Å². The van der Waals surface area contributed by atoms with E-state index in [1.807, 2.05) is 24.3 Å². The lowest BCUT2D eigenvalue weighted by atomic mass is 9.97. The van der Waals surface area contributed by atoms with Crippen molar-refractivity contribution in [3.63, 3.8) is 0 Å². The minimum absolute atomic E-state index is 0.187. The standard InChI is InChI=1S/C44H51N3O11/c1-53-33-11-12-36-34(21-33)44(52)46-43(45-36)27-10-13-38(32(16-27)25-50)56-14-8-6-4-5-7-9-15-57-42-40(54-2)19-29(20-41(42)55-3)39-22-37(47-58-39)28-17-30(23-48)35(26-51)31(18-28)24-49/h10-13,16-22,43,45,48-51H,4-9,14-15,23-26H2,1-3H3,(H,46,52). The SMILES string of the molecule is COc1ccc2c(c1)C(=O)NC(c1ccc(OCCCCCCCCOc3c(OC)cc(-c4cc(-c5cc(CO)c(CO)c(CO)c5)no4)cc3OC)c(CO)c1)N2. The average Bonchev–Trinajstić information content (AvgIpc) is 3.76. The molecule has 14 heteroatoms. The number of ether oxygens (including phenoxy) is 5. The maximum Gasteiger partial charge on any atom is 0.255 e. The summed E-state index contributed by atoms with van der Waals surface area (Å²) < 4.78 is 34.4. The normalized spacial score (nSPS) is 13.4. The highest BCUT2D eigenvalue weighted by atomic mass is 16.5. The first-order valence-electron chi connectivity index (χ1n) is 19.3. The molecule has 2 heterocycles. The Balaban J connectivity index is 0.937. The first-order valence-corrected chi connectivity index (χ1v) is 19.3. The summed E-state index contributed by atoms with van der Waals surface area (Å²) in [4.78, 5) is 12.8. The van der Waals surface area contributed by atoms with Crippen molar-refractivity contribution in [1.29, 1.82) is 0 Å². The molecule has 5 aromatic rings. The molecular formula is C44H51N3O11. The Morgan fingerprint density at radius 3 is 1.91 bits per heavy atom.